The molecule has 0 aliphatic carbocycles. The van der Waals surface area contributed by atoms with E-state index < -0.39 is 17.6 Å². The average Bonchev–Trinajstić information content (AvgIpc) is 2.59. The smallest absolute Gasteiger partial charge is 0.416 e. The van der Waals surface area contributed by atoms with Crippen LogP contribution in [-0.4, -0.2) is 25.4 Å². The van der Waals surface area contributed by atoms with E-state index in [9.17, 15) is 22.8 Å². The summed E-state index contributed by atoms with van der Waals surface area (Å²) in [5.74, 6) is -0.141. The van der Waals surface area contributed by atoms with Gasteiger partial charge in [0.15, 0.2) is 23.9 Å². The molecule has 1 N–H and O–H groups in total. The number of anilines is 1. The largest absolute Gasteiger partial charge is 0.493 e. The van der Waals surface area contributed by atoms with Crippen LogP contribution in [0.2, 0.25) is 0 Å². The van der Waals surface area contributed by atoms with Crippen LogP contribution in [-0.2, 0) is 11.0 Å². The van der Waals surface area contributed by atoms with Crippen LogP contribution in [0.1, 0.15) is 22.8 Å². The molecule has 0 aromatic heterocycles. The number of benzene rings is 2. The number of amides is 1. The molecule has 2 aromatic rings. The van der Waals surface area contributed by atoms with Gasteiger partial charge < -0.3 is 14.8 Å². The number of ketones is 1. The van der Waals surface area contributed by atoms with Crippen LogP contribution < -0.4 is 14.8 Å². The van der Waals surface area contributed by atoms with Gasteiger partial charge in [0.1, 0.15) is 0 Å². The van der Waals surface area contributed by atoms with Crippen molar-refractivity contribution in [3.8, 4) is 11.5 Å². The predicted molar refractivity (Wildman–Crippen MR) is 88.6 cm³/mol. The number of nitrogens with one attached hydrogen (secondary N) is 1. The summed E-state index contributed by atoms with van der Waals surface area (Å²) in [4.78, 5) is 23.2. The lowest BCUT2D eigenvalue weighted by atomic mass is 10.1. The molecule has 5 nitrogen and oxygen atoms in total. The van der Waals surface area contributed by atoms with Crippen molar-refractivity contribution in [1.29, 1.82) is 0 Å². The summed E-state index contributed by atoms with van der Waals surface area (Å²) in [5.41, 5.74) is -0.157. The standard InChI is InChI=1S/C18H16F3NO4/c1-11(23)12-3-8-15(16(9-12)25-2)26-10-17(24)22-14-6-4-13(5-7-14)18(19,20)21/h3-9H,10H2,1-2H3,(H,22,24). The molecule has 0 spiro atoms. The third-order valence-corrected chi connectivity index (χ3v) is 3.42. The van der Waals surface area contributed by atoms with Gasteiger partial charge in [0, 0.05) is 11.3 Å². The Hall–Kier alpha value is -3.03. The summed E-state index contributed by atoms with van der Waals surface area (Å²) in [5, 5.41) is 2.43. The van der Waals surface area contributed by atoms with Crippen molar-refractivity contribution in [2.75, 3.05) is 19.0 Å². The molecule has 0 fully saturated rings. The second-order valence-electron chi connectivity index (χ2n) is 5.33. The number of rotatable bonds is 6. The van der Waals surface area contributed by atoms with E-state index in [1.165, 1.54) is 32.2 Å². The number of hydrogen-bond donors (Lipinski definition) is 1. The molecule has 0 unspecified atom stereocenters. The van der Waals surface area contributed by atoms with Gasteiger partial charge in [-0.2, -0.15) is 13.2 Å². The highest BCUT2D eigenvalue weighted by molar-refractivity contribution is 5.95. The summed E-state index contributed by atoms with van der Waals surface area (Å²) in [7, 11) is 1.40. The predicted octanol–water partition coefficient (Wildman–Crippen LogP) is 3.93. The molecule has 0 saturated carbocycles. The van der Waals surface area contributed by atoms with Gasteiger partial charge in [0.25, 0.3) is 5.91 Å². The molecule has 26 heavy (non-hydrogen) atoms. The second-order valence-corrected chi connectivity index (χ2v) is 5.33. The van der Waals surface area contributed by atoms with Gasteiger partial charge in [-0.3, -0.25) is 9.59 Å². The van der Waals surface area contributed by atoms with Crippen molar-refractivity contribution in [3.05, 3.63) is 53.6 Å². The summed E-state index contributed by atoms with van der Waals surface area (Å²) < 4.78 is 48.0. The first-order valence-corrected chi connectivity index (χ1v) is 7.49. The SMILES string of the molecule is COc1cc(C(C)=O)ccc1OCC(=O)Nc1ccc(C(F)(F)F)cc1. The third kappa shape index (κ3) is 4.98. The molecule has 0 bridgehead atoms. The van der Waals surface area contributed by atoms with Crippen molar-refractivity contribution in [3.63, 3.8) is 0 Å². The van der Waals surface area contributed by atoms with Crippen LogP contribution in [0.5, 0.6) is 11.5 Å². The average molecular weight is 367 g/mol. The molecule has 0 aliphatic heterocycles. The van der Waals surface area contributed by atoms with Gasteiger partial charge in [-0.1, -0.05) is 0 Å². The van der Waals surface area contributed by atoms with Crippen LogP contribution in [0.15, 0.2) is 42.5 Å². The van der Waals surface area contributed by atoms with Gasteiger partial charge in [0.2, 0.25) is 0 Å². The summed E-state index contributed by atoms with van der Waals surface area (Å²) in [6.45, 7) is 1.03. The highest BCUT2D eigenvalue weighted by Gasteiger charge is 2.29. The van der Waals surface area contributed by atoms with E-state index >= 15 is 0 Å². The van der Waals surface area contributed by atoms with Gasteiger partial charge in [-0.05, 0) is 49.4 Å². The van der Waals surface area contributed by atoms with Crippen LogP contribution in [0.3, 0.4) is 0 Å². The van der Waals surface area contributed by atoms with E-state index in [2.05, 4.69) is 5.32 Å². The van der Waals surface area contributed by atoms with E-state index in [0.29, 0.717) is 11.3 Å². The van der Waals surface area contributed by atoms with Gasteiger partial charge >= 0.3 is 6.18 Å². The Balaban J connectivity index is 1.97. The number of halogens is 3. The van der Waals surface area contributed by atoms with Crippen LogP contribution in [0.4, 0.5) is 18.9 Å². The first-order valence-electron chi connectivity index (χ1n) is 7.49. The Morgan fingerprint density at radius 3 is 2.23 bits per heavy atom. The zero-order valence-corrected chi connectivity index (χ0v) is 14.0. The molecule has 2 aromatic carbocycles. The zero-order valence-electron chi connectivity index (χ0n) is 14.0. The maximum Gasteiger partial charge on any atom is 0.416 e. The molecular weight excluding hydrogens is 351 g/mol. The lowest BCUT2D eigenvalue weighted by Crippen LogP contribution is -2.20. The van der Waals surface area contributed by atoms with E-state index in [1.807, 2.05) is 0 Å². The van der Waals surface area contributed by atoms with Crippen molar-refractivity contribution in [1.82, 2.24) is 0 Å². The van der Waals surface area contributed by atoms with E-state index in [0.717, 1.165) is 24.3 Å². The number of hydrogen-bond acceptors (Lipinski definition) is 4. The highest BCUT2D eigenvalue weighted by Crippen LogP contribution is 2.30. The Morgan fingerprint density at radius 2 is 1.69 bits per heavy atom. The maximum absolute atomic E-state index is 12.5. The molecule has 0 aliphatic rings. The molecule has 0 saturated heterocycles. The van der Waals surface area contributed by atoms with Crippen molar-refractivity contribution in [2.45, 2.75) is 13.1 Å². The number of carbonyl (C=O) groups excluding carboxylic acids is 2. The number of alkyl halides is 3. The second kappa shape index (κ2) is 7.90. The highest BCUT2D eigenvalue weighted by atomic mass is 19.4. The van der Waals surface area contributed by atoms with Gasteiger partial charge in [-0.15, -0.1) is 0 Å². The molecule has 8 heteroatoms. The minimum absolute atomic E-state index is 0.144. The summed E-state index contributed by atoms with van der Waals surface area (Å²) >= 11 is 0. The fraction of sp³-hybridized carbons (Fsp3) is 0.222. The van der Waals surface area contributed by atoms with Crippen LogP contribution >= 0.6 is 0 Å². The monoisotopic (exact) mass is 367 g/mol. The maximum atomic E-state index is 12.5. The molecule has 0 radical (unpaired) electrons. The minimum atomic E-state index is -4.44. The molecular formula is C18H16F3NO4. The van der Waals surface area contributed by atoms with Gasteiger partial charge in [-0.25, -0.2) is 0 Å². The lowest BCUT2D eigenvalue weighted by molar-refractivity contribution is -0.137. The zero-order chi connectivity index (χ0) is 19.3. The summed E-state index contributed by atoms with van der Waals surface area (Å²) in [6.07, 6.45) is -4.44. The fourth-order valence-electron chi connectivity index (χ4n) is 2.09. The Labute approximate surface area is 147 Å². The number of methoxy groups -OCH3 is 1. The topological polar surface area (TPSA) is 64.6 Å². The first-order chi connectivity index (χ1) is 12.2. The molecule has 2 rings (SSSR count). The Morgan fingerprint density at radius 1 is 1.04 bits per heavy atom. The molecule has 138 valence electrons. The van der Waals surface area contributed by atoms with Crippen LogP contribution in [0, 0.1) is 0 Å². The number of Topliss-reactive ketones (excluding diaryl/α,β-unsaturated/α-hetero) is 1. The normalized spacial score (nSPS) is 11.0. The fourth-order valence-corrected chi connectivity index (χ4v) is 2.09. The summed E-state index contributed by atoms with van der Waals surface area (Å²) in [6, 6.07) is 8.59. The number of carbonyl (C=O) groups is 2. The lowest BCUT2D eigenvalue weighted by Gasteiger charge is -2.12. The minimum Gasteiger partial charge on any atom is -0.493 e. The third-order valence-electron chi connectivity index (χ3n) is 3.42. The number of ether oxygens (including phenoxy) is 2. The van der Waals surface area contributed by atoms with E-state index in [-0.39, 0.29) is 23.8 Å². The quantitative estimate of drug-likeness (QED) is 0.786. The van der Waals surface area contributed by atoms with Gasteiger partial charge in [0.05, 0.1) is 12.7 Å². The Bertz CT molecular complexity index is 801. The molecule has 0 atom stereocenters. The molecule has 0 heterocycles. The van der Waals surface area contributed by atoms with Crippen molar-refractivity contribution >= 4 is 17.4 Å². The van der Waals surface area contributed by atoms with Crippen LogP contribution in [0.25, 0.3) is 0 Å². The van der Waals surface area contributed by atoms with Crippen molar-refractivity contribution < 1.29 is 32.2 Å². The Kier molecular flexibility index (Phi) is 5.86. The molecule has 1 amide bonds. The van der Waals surface area contributed by atoms with E-state index in [4.69, 9.17) is 9.47 Å². The van der Waals surface area contributed by atoms with E-state index in [1.54, 1.807) is 0 Å². The first kappa shape index (κ1) is 19.3. The van der Waals surface area contributed by atoms with Crippen molar-refractivity contribution in [2.24, 2.45) is 0 Å².